The minimum Gasteiger partial charge on any atom is -0.365 e. The Hall–Kier alpha value is -3.06. The van der Waals surface area contributed by atoms with Crippen molar-refractivity contribution in [1.82, 2.24) is 30.2 Å². The number of aromatic amines is 1. The first-order valence-electron chi connectivity index (χ1n) is 8.40. The van der Waals surface area contributed by atoms with E-state index in [-0.39, 0.29) is 0 Å². The van der Waals surface area contributed by atoms with Crippen LogP contribution < -0.4 is 10.6 Å². The zero-order valence-corrected chi connectivity index (χ0v) is 13.5. The first-order chi connectivity index (χ1) is 12.4. The predicted molar refractivity (Wildman–Crippen MR) is 97.3 cm³/mol. The van der Waals surface area contributed by atoms with Crippen LogP contribution in [0.2, 0.25) is 0 Å². The Kier molecular flexibility index (Phi) is 3.31. The van der Waals surface area contributed by atoms with Crippen LogP contribution in [0.15, 0.2) is 43.0 Å². The number of fused-ring (bicyclic) bond motifs is 2. The maximum Gasteiger partial charge on any atom is 0.163 e. The second kappa shape index (κ2) is 5.78. The molecule has 1 unspecified atom stereocenters. The summed E-state index contributed by atoms with van der Waals surface area (Å²) in [4.78, 5) is 21.3. The molecule has 5 heterocycles. The van der Waals surface area contributed by atoms with E-state index in [0.717, 1.165) is 52.8 Å². The second-order valence-electron chi connectivity index (χ2n) is 6.22. The topological polar surface area (TPSA) is 91.4 Å². The Morgan fingerprint density at radius 2 is 2.08 bits per heavy atom. The Labute approximate surface area is 143 Å². The van der Waals surface area contributed by atoms with Gasteiger partial charge in [0.05, 0.1) is 11.7 Å². The van der Waals surface area contributed by atoms with Gasteiger partial charge in [-0.2, -0.15) is 0 Å². The molecule has 4 aromatic heterocycles. The number of H-pyrrole nitrogens is 1. The summed E-state index contributed by atoms with van der Waals surface area (Å²) < 4.78 is 0. The monoisotopic (exact) mass is 331 g/mol. The highest BCUT2D eigenvalue weighted by atomic mass is 15.1. The largest absolute Gasteiger partial charge is 0.365 e. The molecule has 5 rings (SSSR count). The number of pyridine rings is 2. The fourth-order valence-electron chi connectivity index (χ4n) is 3.34. The van der Waals surface area contributed by atoms with Gasteiger partial charge in [-0.05, 0) is 31.2 Å². The molecule has 25 heavy (non-hydrogen) atoms. The Morgan fingerprint density at radius 3 is 3.00 bits per heavy atom. The molecule has 4 aromatic rings. The summed E-state index contributed by atoms with van der Waals surface area (Å²) in [6.07, 6.45) is 8.31. The van der Waals surface area contributed by atoms with Gasteiger partial charge >= 0.3 is 0 Å². The van der Waals surface area contributed by atoms with Crippen molar-refractivity contribution >= 4 is 27.8 Å². The third kappa shape index (κ3) is 2.49. The summed E-state index contributed by atoms with van der Waals surface area (Å²) in [5, 5.41) is 8.95. The third-order valence-electron chi connectivity index (χ3n) is 4.60. The fraction of sp³-hybridized carbons (Fsp3) is 0.222. The molecule has 0 aliphatic carbocycles. The predicted octanol–water partition coefficient (Wildman–Crippen LogP) is 2.34. The van der Waals surface area contributed by atoms with E-state index in [9.17, 15) is 0 Å². The molecule has 1 aliphatic heterocycles. The first kappa shape index (κ1) is 14.3. The molecule has 0 spiro atoms. The highest BCUT2D eigenvalue weighted by Crippen LogP contribution is 2.29. The van der Waals surface area contributed by atoms with Crippen LogP contribution in [0.5, 0.6) is 0 Å². The van der Waals surface area contributed by atoms with Gasteiger partial charge in [-0.3, -0.25) is 4.98 Å². The van der Waals surface area contributed by atoms with Gasteiger partial charge in [-0.15, -0.1) is 0 Å². The molecule has 0 amide bonds. The number of nitrogens with zero attached hydrogens (tertiary/aromatic N) is 4. The zero-order valence-electron chi connectivity index (χ0n) is 13.5. The molecule has 1 aliphatic rings. The molecule has 1 fully saturated rings. The summed E-state index contributed by atoms with van der Waals surface area (Å²) in [6.45, 7) is 1.98. The van der Waals surface area contributed by atoms with E-state index < -0.39 is 0 Å². The molecule has 0 aromatic carbocycles. The minimum absolute atomic E-state index is 0.379. The molecule has 1 atom stereocenters. The van der Waals surface area contributed by atoms with Crippen molar-refractivity contribution in [1.29, 1.82) is 0 Å². The van der Waals surface area contributed by atoms with Crippen LogP contribution in [0, 0.1) is 0 Å². The number of anilines is 1. The minimum atomic E-state index is 0.379. The van der Waals surface area contributed by atoms with Crippen LogP contribution in [0.3, 0.4) is 0 Å². The molecule has 0 saturated carbocycles. The molecule has 1 saturated heterocycles. The highest BCUT2D eigenvalue weighted by Gasteiger charge is 2.18. The summed E-state index contributed by atoms with van der Waals surface area (Å²) in [5.41, 5.74) is 2.63. The molecule has 0 bridgehead atoms. The van der Waals surface area contributed by atoms with Gasteiger partial charge in [-0.25, -0.2) is 15.0 Å². The zero-order chi connectivity index (χ0) is 16.6. The van der Waals surface area contributed by atoms with Crippen molar-refractivity contribution in [3.63, 3.8) is 0 Å². The van der Waals surface area contributed by atoms with Crippen LogP contribution in [-0.2, 0) is 0 Å². The van der Waals surface area contributed by atoms with Crippen molar-refractivity contribution < 1.29 is 0 Å². The molecule has 3 N–H and O–H groups in total. The van der Waals surface area contributed by atoms with Crippen LogP contribution in [0.4, 0.5) is 5.82 Å². The maximum atomic E-state index is 4.84. The van der Waals surface area contributed by atoms with E-state index in [4.69, 9.17) is 9.97 Å². The van der Waals surface area contributed by atoms with E-state index >= 15 is 0 Å². The fourth-order valence-corrected chi connectivity index (χ4v) is 3.34. The number of hydrogen-bond acceptors (Lipinski definition) is 6. The van der Waals surface area contributed by atoms with Gasteiger partial charge in [0.2, 0.25) is 0 Å². The van der Waals surface area contributed by atoms with Gasteiger partial charge in [0.25, 0.3) is 0 Å². The molecule has 7 nitrogen and oxygen atoms in total. The average Bonchev–Trinajstić information content (AvgIpc) is 3.32. The Balaban J connectivity index is 1.69. The highest BCUT2D eigenvalue weighted by molar-refractivity contribution is 5.95. The van der Waals surface area contributed by atoms with Gasteiger partial charge in [-0.1, -0.05) is 0 Å². The van der Waals surface area contributed by atoms with Gasteiger partial charge < -0.3 is 15.6 Å². The van der Waals surface area contributed by atoms with E-state index in [1.54, 1.807) is 18.6 Å². The van der Waals surface area contributed by atoms with E-state index in [1.807, 2.05) is 24.4 Å². The molecule has 7 heteroatoms. The molecule has 0 radical (unpaired) electrons. The smallest absolute Gasteiger partial charge is 0.163 e. The van der Waals surface area contributed by atoms with Crippen molar-refractivity contribution in [2.45, 2.75) is 12.5 Å². The summed E-state index contributed by atoms with van der Waals surface area (Å²) in [6, 6.07) is 6.29. The van der Waals surface area contributed by atoms with Crippen molar-refractivity contribution in [3.05, 3.63) is 43.0 Å². The molecular weight excluding hydrogens is 314 g/mol. The second-order valence-corrected chi connectivity index (χ2v) is 6.22. The van der Waals surface area contributed by atoms with Gasteiger partial charge in [0, 0.05) is 47.5 Å². The Morgan fingerprint density at radius 1 is 1.08 bits per heavy atom. The first-order valence-corrected chi connectivity index (χ1v) is 8.40. The normalized spacial score (nSPS) is 17.4. The van der Waals surface area contributed by atoms with Crippen LogP contribution in [0.25, 0.3) is 33.3 Å². The third-order valence-corrected chi connectivity index (χ3v) is 4.60. The summed E-state index contributed by atoms with van der Waals surface area (Å²) >= 11 is 0. The number of hydrogen-bond donors (Lipinski definition) is 3. The quantitative estimate of drug-likeness (QED) is 0.534. The van der Waals surface area contributed by atoms with Gasteiger partial charge in [0.1, 0.15) is 11.5 Å². The summed E-state index contributed by atoms with van der Waals surface area (Å²) in [5.74, 6) is 1.54. The number of rotatable bonds is 3. The van der Waals surface area contributed by atoms with E-state index in [2.05, 4.69) is 25.6 Å². The van der Waals surface area contributed by atoms with Crippen LogP contribution in [0.1, 0.15) is 6.42 Å². The number of aromatic nitrogens is 5. The summed E-state index contributed by atoms with van der Waals surface area (Å²) in [7, 11) is 0. The lowest BCUT2D eigenvalue weighted by Gasteiger charge is -2.15. The van der Waals surface area contributed by atoms with Gasteiger partial charge in [0.15, 0.2) is 5.82 Å². The lowest BCUT2D eigenvalue weighted by atomic mass is 10.1. The Bertz CT molecular complexity index is 1050. The standard InChI is InChI=1S/C18H17N7/c1-5-19-9-11(1)23-18-14-2-6-20-10-15(14)24-17(25-18)13-4-8-22-16-12(13)3-7-21-16/h2-4,6-8,10-11,19H,1,5,9H2,(H,21,22)(H,23,24,25). The lowest BCUT2D eigenvalue weighted by molar-refractivity contribution is 0.789. The SMILES string of the molecule is c1cc2c(NC3CCNC3)nc(-c3ccnc4[nH]ccc34)nc2cn1. The van der Waals surface area contributed by atoms with Crippen LogP contribution >= 0.6 is 0 Å². The van der Waals surface area contributed by atoms with Crippen molar-refractivity contribution in [3.8, 4) is 11.4 Å². The average molecular weight is 331 g/mol. The maximum absolute atomic E-state index is 4.84. The van der Waals surface area contributed by atoms with Crippen molar-refractivity contribution in [2.75, 3.05) is 18.4 Å². The molecular formula is C18H17N7. The van der Waals surface area contributed by atoms with E-state index in [0.29, 0.717) is 11.9 Å². The van der Waals surface area contributed by atoms with E-state index in [1.165, 1.54) is 0 Å². The number of nitrogens with one attached hydrogen (secondary N) is 3. The molecule has 124 valence electrons. The van der Waals surface area contributed by atoms with Crippen LogP contribution in [-0.4, -0.2) is 44.1 Å². The lowest BCUT2D eigenvalue weighted by Crippen LogP contribution is -2.23. The van der Waals surface area contributed by atoms with Crippen molar-refractivity contribution in [2.24, 2.45) is 0 Å².